The van der Waals surface area contributed by atoms with Gasteiger partial charge in [-0.05, 0) is 23.8 Å². The molecular formula is C17H18Cl2N2O2S. The molecule has 2 aromatic carbocycles. The lowest BCUT2D eigenvalue weighted by Gasteiger charge is -2.34. The van der Waals surface area contributed by atoms with Crippen LogP contribution in [0.4, 0.5) is 0 Å². The van der Waals surface area contributed by atoms with Crippen LogP contribution in [0.5, 0.6) is 0 Å². The average Bonchev–Trinajstić information content (AvgIpc) is 2.58. The van der Waals surface area contributed by atoms with E-state index in [0.29, 0.717) is 26.2 Å². The Balaban J connectivity index is 1.67. The minimum absolute atomic E-state index is 0.172. The molecule has 1 aliphatic heterocycles. The van der Waals surface area contributed by atoms with Gasteiger partial charge in [-0.1, -0.05) is 53.5 Å². The molecule has 128 valence electrons. The fraction of sp³-hybridized carbons (Fsp3) is 0.294. The van der Waals surface area contributed by atoms with Crippen LogP contribution < -0.4 is 0 Å². The summed E-state index contributed by atoms with van der Waals surface area (Å²) in [5.74, 6) is 0. The molecule has 0 spiro atoms. The maximum Gasteiger partial charge on any atom is 0.244 e. The smallest absolute Gasteiger partial charge is 0.244 e. The molecule has 4 nitrogen and oxygen atoms in total. The summed E-state index contributed by atoms with van der Waals surface area (Å²) in [5.41, 5.74) is 1.06. The standard InChI is InChI=1S/C17H18Cl2N2O2S/c18-15-6-2-1-5-14(15)13-20-9-11-21(12-10-20)24(22,23)17-8-4-3-7-16(17)19/h1-8H,9-13H2. The molecule has 1 saturated heterocycles. The molecule has 24 heavy (non-hydrogen) atoms. The summed E-state index contributed by atoms with van der Waals surface area (Å²) in [4.78, 5) is 2.38. The van der Waals surface area contributed by atoms with Gasteiger partial charge in [-0.15, -0.1) is 0 Å². The Morgan fingerprint density at radius 1 is 0.833 bits per heavy atom. The van der Waals surface area contributed by atoms with Gasteiger partial charge in [0.1, 0.15) is 4.90 Å². The van der Waals surface area contributed by atoms with Crippen LogP contribution in [0.3, 0.4) is 0 Å². The molecule has 1 aliphatic rings. The van der Waals surface area contributed by atoms with Crippen LogP contribution in [0, 0.1) is 0 Å². The predicted molar refractivity (Wildman–Crippen MR) is 96.9 cm³/mol. The monoisotopic (exact) mass is 384 g/mol. The zero-order valence-electron chi connectivity index (χ0n) is 13.0. The van der Waals surface area contributed by atoms with Gasteiger partial charge >= 0.3 is 0 Å². The molecular weight excluding hydrogens is 367 g/mol. The van der Waals surface area contributed by atoms with Gasteiger partial charge in [-0.2, -0.15) is 4.31 Å². The number of piperazine rings is 1. The Kier molecular flexibility index (Phi) is 5.47. The Morgan fingerprint density at radius 2 is 1.42 bits per heavy atom. The molecule has 0 aliphatic carbocycles. The van der Waals surface area contributed by atoms with Crippen LogP contribution in [0.1, 0.15) is 5.56 Å². The average molecular weight is 385 g/mol. The molecule has 0 unspecified atom stereocenters. The molecule has 0 amide bonds. The Labute approximate surface area is 152 Å². The third kappa shape index (κ3) is 3.76. The highest BCUT2D eigenvalue weighted by atomic mass is 35.5. The normalized spacial score (nSPS) is 17.1. The summed E-state index contributed by atoms with van der Waals surface area (Å²) in [7, 11) is -3.55. The second kappa shape index (κ2) is 7.42. The lowest BCUT2D eigenvalue weighted by molar-refractivity contribution is 0.181. The highest BCUT2D eigenvalue weighted by Crippen LogP contribution is 2.25. The van der Waals surface area contributed by atoms with Gasteiger partial charge in [0, 0.05) is 37.7 Å². The van der Waals surface area contributed by atoms with Crippen molar-refractivity contribution >= 4 is 33.2 Å². The molecule has 3 rings (SSSR count). The Morgan fingerprint density at radius 3 is 2.04 bits per heavy atom. The van der Waals surface area contributed by atoms with E-state index in [9.17, 15) is 8.42 Å². The maximum absolute atomic E-state index is 12.7. The zero-order chi connectivity index (χ0) is 17.2. The van der Waals surface area contributed by atoms with Crippen molar-refractivity contribution in [2.45, 2.75) is 11.4 Å². The number of sulfonamides is 1. The second-order valence-electron chi connectivity index (χ2n) is 5.70. The van der Waals surface area contributed by atoms with E-state index in [1.165, 1.54) is 4.31 Å². The highest BCUT2D eigenvalue weighted by Gasteiger charge is 2.29. The van der Waals surface area contributed by atoms with Crippen molar-refractivity contribution in [2.75, 3.05) is 26.2 Å². The maximum atomic E-state index is 12.7. The number of hydrogen-bond acceptors (Lipinski definition) is 3. The largest absolute Gasteiger partial charge is 0.296 e. The van der Waals surface area contributed by atoms with E-state index in [0.717, 1.165) is 17.1 Å². The van der Waals surface area contributed by atoms with Crippen LogP contribution in [0.25, 0.3) is 0 Å². The van der Waals surface area contributed by atoms with E-state index >= 15 is 0 Å². The number of nitrogens with zero attached hydrogens (tertiary/aromatic N) is 2. The van der Waals surface area contributed by atoms with E-state index < -0.39 is 10.0 Å². The van der Waals surface area contributed by atoms with Crippen LogP contribution in [-0.4, -0.2) is 43.8 Å². The number of benzene rings is 2. The summed E-state index contributed by atoms with van der Waals surface area (Å²) in [5, 5.41) is 1.000. The Bertz CT molecular complexity index is 819. The van der Waals surface area contributed by atoms with Gasteiger partial charge in [0.2, 0.25) is 10.0 Å². The molecule has 0 radical (unpaired) electrons. The third-order valence-corrected chi connectivity index (χ3v) is 6.90. The van der Waals surface area contributed by atoms with Crippen molar-refractivity contribution in [3.8, 4) is 0 Å². The van der Waals surface area contributed by atoms with Crippen LogP contribution in [0.15, 0.2) is 53.4 Å². The first-order valence-electron chi connectivity index (χ1n) is 7.69. The second-order valence-corrected chi connectivity index (χ2v) is 8.42. The lowest BCUT2D eigenvalue weighted by Crippen LogP contribution is -2.48. The fourth-order valence-electron chi connectivity index (χ4n) is 2.79. The first-order valence-corrected chi connectivity index (χ1v) is 9.88. The fourth-order valence-corrected chi connectivity index (χ4v) is 4.90. The number of hydrogen-bond donors (Lipinski definition) is 0. The summed E-state index contributed by atoms with van der Waals surface area (Å²) in [6, 6.07) is 14.3. The molecule has 0 N–H and O–H groups in total. The van der Waals surface area contributed by atoms with E-state index in [4.69, 9.17) is 23.2 Å². The van der Waals surface area contributed by atoms with Crippen LogP contribution in [-0.2, 0) is 16.6 Å². The van der Waals surface area contributed by atoms with Crippen LogP contribution >= 0.6 is 23.2 Å². The molecule has 1 fully saturated rings. The van der Waals surface area contributed by atoms with Crippen molar-refractivity contribution in [2.24, 2.45) is 0 Å². The van der Waals surface area contributed by atoms with E-state index in [1.54, 1.807) is 24.3 Å². The van der Waals surface area contributed by atoms with Gasteiger partial charge < -0.3 is 0 Å². The van der Waals surface area contributed by atoms with E-state index in [1.807, 2.05) is 24.3 Å². The molecule has 0 aromatic heterocycles. The van der Waals surface area contributed by atoms with Gasteiger partial charge in [-0.3, -0.25) is 4.90 Å². The predicted octanol–water partition coefficient (Wildman–Crippen LogP) is 3.50. The molecule has 0 saturated carbocycles. The zero-order valence-corrected chi connectivity index (χ0v) is 15.4. The highest BCUT2D eigenvalue weighted by molar-refractivity contribution is 7.89. The van der Waals surface area contributed by atoms with Crippen molar-refractivity contribution < 1.29 is 8.42 Å². The minimum Gasteiger partial charge on any atom is -0.296 e. The summed E-state index contributed by atoms with van der Waals surface area (Å²) in [6.07, 6.45) is 0. The molecule has 7 heteroatoms. The first-order chi connectivity index (χ1) is 11.5. The minimum atomic E-state index is -3.55. The SMILES string of the molecule is O=S(=O)(c1ccccc1Cl)N1CCN(Cc2ccccc2Cl)CC1. The quantitative estimate of drug-likeness (QED) is 0.809. The topological polar surface area (TPSA) is 40.6 Å². The first kappa shape index (κ1) is 17.7. The summed E-state index contributed by atoms with van der Waals surface area (Å²) < 4.78 is 27.0. The number of halogens is 2. The van der Waals surface area contributed by atoms with Crippen molar-refractivity contribution in [3.63, 3.8) is 0 Å². The van der Waals surface area contributed by atoms with Gasteiger partial charge in [-0.25, -0.2) is 8.42 Å². The van der Waals surface area contributed by atoms with Crippen LogP contribution in [0.2, 0.25) is 10.0 Å². The van der Waals surface area contributed by atoms with E-state index in [2.05, 4.69) is 4.90 Å². The van der Waals surface area contributed by atoms with Gasteiger partial charge in [0.25, 0.3) is 0 Å². The molecule has 1 heterocycles. The van der Waals surface area contributed by atoms with Crippen molar-refractivity contribution in [3.05, 3.63) is 64.1 Å². The summed E-state index contributed by atoms with van der Waals surface area (Å²) >= 11 is 12.2. The van der Waals surface area contributed by atoms with Crippen molar-refractivity contribution in [1.82, 2.24) is 9.21 Å². The number of rotatable bonds is 4. The van der Waals surface area contributed by atoms with E-state index in [-0.39, 0.29) is 9.92 Å². The lowest BCUT2D eigenvalue weighted by atomic mass is 10.2. The Hall–Kier alpha value is -1.11. The third-order valence-electron chi connectivity index (χ3n) is 4.14. The van der Waals surface area contributed by atoms with Crippen molar-refractivity contribution in [1.29, 1.82) is 0 Å². The summed E-state index contributed by atoms with van der Waals surface area (Å²) in [6.45, 7) is 2.93. The molecule has 2 aromatic rings. The van der Waals surface area contributed by atoms with Gasteiger partial charge in [0.05, 0.1) is 5.02 Å². The van der Waals surface area contributed by atoms with Gasteiger partial charge in [0.15, 0.2) is 0 Å². The molecule has 0 bridgehead atoms. The molecule has 0 atom stereocenters.